The molecular weight excluding hydrogens is 459 g/mol. The number of hydrogen-bond acceptors (Lipinski definition) is 4. The van der Waals surface area contributed by atoms with Gasteiger partial charge in [-0.25, -0.2) is 0 Å². The van der Waals surface area contributed by atoms with Crippen LogP contribution < -0.4 is 20.1 Å². The fraction of sp³-hybridized carbons (Fsp3) is 0.174. The average Bonchev–Trinajstić information content (AvgIpc) is 2.74. The van der Waals surface area contributed by atoms with Crippen molar-refractivity contribution in [2.24, 2.45) is 0 Å². The van der Waals surface area contributed by atoms with E-state index in [9.17, 15) is 4.79 Å². The number of hydrogen-bond donors (Lipinski definition) is 2. The molecule has 162 valence electrons. The molecule has 3 aromatic rings. The molecule has 0 heterocycles. The predicted molar refractivity (Wildman–Crippen MR) is 127 cm³/mol. The van der Waals surface area contributed by atoms with Crippen LogP contribution in [0.5, 0.6) is 11.5 Å². The molecule has 0 aliphatic rings. The third-order valence-electron chi connectivity index (χ3n) is 4.38. The second-order valence-electron chi connectivity index (χ2n) is 6.79. The molecule has 0 aliphatic carbocycles. The second-order valence-corrected chi connectivity index (χ2v) is 8.04. The molecule has 5 nitrogen and oxygen atoms in total. The van der Waals surface area contributed by atoms with Gasteiger partial charge in [-0.05, 0) is 55.0 Å². The van der Waals surface area contributed by atoms with Crippen molar-refractivity contribution in [1.29, 1.82) is 0 Å². The maximum Gasteiger partial charge on any atom is 0.262 e. The van der Waals surface area contributed by atoms with Crippen molar-refractivity contribution in [2.45, 2.75) is 13.5 Å². The quantitative estimate of drug-likeness (QED) is 0.382. The highest BCUT2D eigenvalue weighted by atomic mass is 35.5. The number of amides is 1. The maximum absolute atomic E-state index is 12.2. The molecule has 0 aliphatic heterocycles. The highest BCUT2D eigenvalue weighted by molar-refractivity contribution is 6.35. The topological polar surface area (TPSA) is 59.6 Å². The summed E-state index contributed by atoms with van der Waals surface area (Å²) in [5, 5.41) is 7.46. The van der Waals surface area contributed by atoms with Crippen LogP contribution in [-0.2, 0) is 11.3 Å². The van der Waals surface area contributed by atoms with E-state index in [1.165, 1.54) is 7.11 Å². The largest absolute Gasteiger partial charge is 0.493 e. The van der Waals surface area contributed by atoms with E-state index in [4.69, 9.17) is 44.3 Å². The van der Waals surface area contributed by atoms with E-state index in [0.717, 1.165) is 11.1 Å². The molecule has 0 fully saturated rings. The predicted octanol–water partition coefficient (Wildman–Crippen LogP) is 6.59. The Morgan fingerprint density at radius 3 is 2.42 bits per heavy atom. The summed E-state index contributed by atoms with van der Waals surface area (Å²) in [5.41, 5.74) is 3.35. The van der Waals surface area contributed by atoms with Crippen LogP contribution in [0.1, 0.15) is 11.1 Å². The molecule has 0 aromatic heterocycles. The minimum Gasteiger partial charge on any atom is -0.493 e. The van der Waals surface area contributed by atoms with Gasteiger partial charge >= 0.3 is 0 Å². The van der Waals surface area contributed by atoms with E-state index >= 15 is 0 Å². The zero-order chi connectivity index (χ0) is 22.4. The second kappa shape index (κ2) is 10.6. The summed E-state index contributed by atoms with van der Waals surface area (Å²) in [5.74, 6) is 0.417. The molecule has 0 saturated carbocycles. The molecule has 3 aromatic carbocycles. The molecule has 0 radical (unpaired) electrons. The molecule has 2 N–H and O–H groups in total. The zero-order valence-electron chi connectivity index (χ0n) is 17.0. The summed E-state index contributed by atoms with van der Waals surface area (Å²) < 4.78 is 11.1. The van der Waals surface area contributed by atoms with Crippen molar-refractivity contribution in [1.82, 2.24) is 0 Å². The monoisotopic (exact) mass is 478 g/mol. The van der Waals surface area contributed by atoms with Crippen molar-refractivity contribution in [3.63, 3.8) is 0 Å². The number of carbonyl (C=O) groups excluding carboxylic acids is 1. The minimum atomic E-state index is -0.302. The first kappa shape index (κ1) is 23.1. The van der Waals surface area contributed by atoms with E-state index in [2.05, 4.69) is 10.6 Å². The Morgan fingerprint density at radius 1 is 0.968 bits per heavy atom. The Bertz CT molecular complexity index is 1070. The standard InChI is InChI=1S/C23H21Cl3N2O3/c1-14-3-6-17(7-4-14)28-22(29)13-31-23-19(26)9-15(10-21(23)30-2)12-27-20-11-16(24)5-8-18(20)25/h3-11,27H,12-13H2,1-2H3,(H,28,29). The molecule has 0 atom stereocenters. The lowest BCUT2D eigenvalue weighted by Crippen LogP contribution is -2.20. The van der Waals surface area contributed by atoms with Crippen LogP contribution in [0.3, 0.4) is 0 Å². The first-order valence-corrected chi connectivity index (χ1v) is 10.5. The van der Waals surface area contributed by atoms with Gasteiger partial charge in [0.15, 0.2) is 18.1 Å². The normalized spacial score (nSPS) is 10.5. The fourth-order valence-electron chi connectivity index (χ4n) is 2.82. The van der Waals surface area contributed by atoms with E-state index in [1.54, 1.807) is 30.3 Å². The molecule has 1 amide bonds. The van der Waals surface area contributed by atoms with Crippen LogP contribution in [0, 0.1) is 6.92 Å². The minimum absolute atomic E-state index is 0.209. The number of nitrogens with one attached hydrogen (secondary N) is 2. The lowest BCUT2D eigenvalue weighted by atomic mass is 10.2. The highest BCUT2D eigenvalue weighted by Gasteiger charge is 2.14. The van der Waals surface area contributed by atoms with E-state index in [1.807, 2.05) is 31.2 Å². The third kappa shape index (κ3) is 6.44. The lowest BCUT2D eigenvalue weighted by Gasteiger charge is -2.15. The Balaban J connectivity index is 1.65. The molecule has 0 spiro atoms. The van der Waals surface area contributed by atoms with Gasteiger partial charge in [0, 0.05) is 17.3 Å². The van der Waals surface area contributed by atoms with Crippen molar-refractivity contribution >= 4 is 52.1 Å². The zero-order valence-corrected chi connectivity index (χ0v) is 19.2. The number of anilines is 2. The van der Waals surface area contributed by atoms with E-state index in [0.29, 0.717) is 44.5 Å². The van der Waals surface area contributed by atoms with Gasteiger partial charge in [-0.15, -0.1) is 0 Å². The Hall–Kier alpha value is -2.60. The number of aryl methyl sites for hydroxylation is 1. The smallest absolute Gasteiger partial charge is 0.262 e. The molecule has 8 heteroatoms. The third-order valence-corrected chi connectivity index (χ3v) is 5.23. The van der Waals surface area contributed by atoms with Gasteiger partial charge in [-0.3, -0.25) is 4.79 Å². The average molecular weight is 480 g/mol. The van der Waals surface area contributed by atoms with Crippen LogP contribution in [0.15, 0.2) is 54.6 Å². The molecule has 0 bridgehead atoms. The van der Waals surface area contributed by atoms with E-state index < -0.39 is 0 Å². The van der Waals surface area contributed by atoms with Gasteiger partial charge in [0.1, 0.15) is 0 Å². The van der Waals surface area contributed by atoms with Gasteiger partial charge in [0.05, 0.1) is 22.8 Å². The summed E-state index contributed by atoms with van der Waals surface area (Å²) in [6.45, 7) is 2.20. The van der Waals surface area contributed by atoms with Gasteiger partial charge < -0.3 is 20.1 Å². The first-order chi connectivity index (χ1) is 14.9. The number of ether oxygens (including phenoxy) is 2. The molecular formula is C23H21Cl3N2O3. The van der Waals surface area contributed by atoms with Gasteiger partial charge in [-0.2, -0.15) is 0 Å². The number of halogens is 3. The van der Waals surface area contributed by atoms with Crippen LogP contribution in [-0.4, -0.2) is 19.6 Å². The summed E-state index contributed by atoms with van der Waals surface area (Å²) in [4.78, 5) is 12.2. The summed E-state index contributed by atoms with van der Waals surface area (Å²) in [6, 6.07) is 16.2. The van der Waals surface area contributed by atoms with Crippen LogP contribution in [0.25, 0.3) is 0 Å². The van der Waals surface area contributed by atoms with Gasteiger partial charge in [0.25, 0.3) is 5.91 Å². The van der Waals surface area contributed by atoms with Gasteiger partial charge in [-0.1, -0.05) is 52.5 Å². The van der Waals surface area contributed by atoms with Gasteiger partial charge in [0.2, 0.25) is 0 Å². The highest BCUT2D eigenvalue weighted by Crippen LogP contribution is 2.37. The Kier molecular flexibility index (Phi) is 7.91. The number of methoxy groups -OCH3 is 1. The van der Waals surface area contributed by atoms with Crippen molar-refractivity contribution < 1.29 is 14.3 Å². The first-order valence-electron chi connectivity index (χ1n) is 9.40. The summed E-state index contributed by atoms with van der Waals surface area (Å²) >= 11 is 18.6. The summed E-state index contributed by atoms with van der Waals surface area (Å²) in [6.07, 6.45) is 0. The van der Waals surface area contributed by atoms with Crippen LogP contribution in [0.4, 0.5) is 11.4 Å². The Labute approximate surface area is 196 Å². The molecule has 31 heavy (non-hydrogen) atoms. The lowest BCUT2D eigenvalue weighted by molar-refractivity contribution is -0.118. The Morgan fingerprint density at radius 2 is 1.71 bits per heavy atom. The van der Waals surface area contributed by atoms with E-state index in [-0.39, 0.29) is 12.5 Å². The summed E-state index contributed by atoms with van der Waals surface area (Å²) in [7, 11) is 1.51. The van der Waals surface area contributed by atoms with Crippen LogP contribution in [0.2, 0.25) is 15.1 Å². The van der Waals surface area contributed by atoms with Crippen molar-refractivity contribution in [3.05, 3.63) is 80.8 Å². The number of rotatable bonds is 8. The maximum atomic E-state index is 12.2. The van der Waals surface area contributed by atoms with Crippen molar-refractivity contribution in [3.8, 4) is 11.5 Å². The molecule has 0 unspecified atom stereocenters. The fourth-order valence-corrected chi connectivity index (χ4v) is 3.46. The molecule has 0 saturated heterocycles. The van der Waals surface area contributed by atoms with Crippen molar-refractivity contribution in [2.75, 3.05) is 24.4 Å². The van der Waals surface area contributed by atoms with Crippen LogP contribution >= 0.6 is 34.8 Å². The molecule has 3 rings (SSSR count). The number of benzene rings is 3. The number of carbonyl (C=O) groups is 1. The SMILES string of the molecule is COc1cc(CNc2cc(Cl)ccc2Cl)cc(Cl)c1OCC(=O)Nc1ccc(C)cc1.